The van der Waals surface area contributed by atoms with Crippen LogP contribution in [0.2, 0.25) is 0 Å². The van der Waals surface area contributed by atoms with Gasteiger partial charge in [-0.25, -0.2) is 0 Å². The van der Waals surface area contributed by atoms with Crippen LogP contribution in [0.4, 0.5) is 0 Å². The minimum Gasteiger partial charge on any atom is -0.481 e. The number of carbonyl (C=O) groups is 2. The van der Waals surface area contributed by atoms with Gasteiger partial charge in [-0.3, -0.25) is 14.3 Å². The molecule has 1 aromatic heterocycles. The van der Waals surface area contributed by atoms with E-state index in [1.807, 2.05) is 61.6 Å². The third kappa shape index (κ3) is 3.18. The lowest BCUT2D eigenvalue weighted by atomic mass is 9.89. The Bertz CT molecular complexity index is 996. The van der Waals surface area contributed by atoms with Crippen molar-refractivity contribution in [3.05, 3.63) is 65.9 Å². The summed E-state index contributed by atoms with van der Waals surface area (Å²) in [5, 5.41) is 15.1. The molecular weight excluding hydrogens is 342 g/mol. The van der Waals surface area contributed by atoms with Crippen LogP contribution in [0, 0.1) is 5.92 Å². The van der Waals surface area contributed by atoms with Crippen LogP contribution in [0.1, 0.15) is 17.2 Å². The Labute approximate surface area is 157 Å². The summed E-state index contributed by atoms with van der Waals surface area (Å²) in [6, 6.07) is 17.4. The van der Waals surface area contributed by atoms with Crippen LogP contribution >= 0.6 is 0 Å². The van der Waals surface area contributed by atoms with Crippen LogP contribution in [0.25, 0.3) is 10.9 Å². The van der Waals surface area contributed by atoms with Gasteiger partial charge in [-0.1, -0.05) is 48.5 Å². The van der Waals surface area contributed by atoms with Crippen molar-refractivity contribution in [1.82, 2.24) is 14.7 Å². The van der Waals surface area contributed by atoms with Crippen LogP contribution in [-0.4, -0.2) is 44.8 Å². The second-order valence-electron chi connectivity index (χ2n) is 7.02. The predicted octanol–water partition coefficient (Wildman–Crippen LogP) is 2.44. The third-order valence-corrected chi connectivity index (χ3v) is 5.37. The van der Waals surface area contributed by atoms with Crippen LogP contribution in [0.5, 0.6) is 0 Å². The van der Waals surface area contributed by atoms with E-state index in [0.717, 1.165) is 22.2 Å². The number of amides is 1. The van der Waals surface area contributed by atoms with Gasteiger partial charge in [0.25, 0.3) is 0 Å². The molecule has 1 aliphatic rings. The average molecular weight is 363 g/mol. The molecule has 6 heteroatoms. The number of aliphatic carboxylic acids is 1. The number of hydrogen-bond donors (Lipinski definition) is 1. The highest BCUT2D eigenvalue weighted by molar-refractivity contribution is 5.88. The highest BCUT2D eigenvalue weighted by Gasteiger charge is 2.40. The number of fused-ring (bicyclic) bond motifs is 1. The van der Waals surface area contributed by atoms with Gasteiger partial charge in [0.2, 0.25) is 5.91 Å². The number of para-hydroxylation sites is 1. The molecule has 1 saturated heterocycles. The Morgan fingerprint density at radius 3 is 2.52 bits per heavy atom. The van der Waals surface area contributed by atoms with E-state index in [0.29, 0.717) is 6.54 Å². The Kier molecular flexibility index (Phi) is 4.39. The fourth-order valence-corrected chi connectivity index (χ4v) is 3.97. The number of carboxylic acids is 1. The highest BCUT2D eigenvalue weighted by Crippen LogP contribution is 2.33. The molecule has 4 rings (SSSR count). The molecule has 1 amide bonds. The summed E-state index contributed by atoms with van der Waals surface area (Å²) in [7, 11) is 1.86. The molecule has 2 aromatic carbocycles. The van der Waals surface area contributed by atoms with Gasteiger partial charge in [0.1, 0.15) is 0 Å². The van der Waals surface area contributed by atoms with Gasteiger partial charge in [-0.05, 0) is 11.6 Å². The van der Waals surface area contributed by atoms with Gasteiger partial charge in [0.15, 0.2) is 0 Å². The fourth-order valence-electron chi connectivity index (χ4n) is 3.97. The predicted molar refractivity (Wildman–Crippen MR) is 101 cm³/mol. The van der Waals surface area contributed by atoms with Crippen molar-refractivity contribution in [3.8, 4) is 0 Å². The van der Waals surface area contributed by atoms with E-state index in [1.165, 1.54) is 0 Å². The minimum absolute atomic E-state index is 0.0801. The molecule has 2 atom stereocenters. The maximum absolute atomic E-state index is 12.9. The zero-order valence-corrected chi connectivity index (χ0v) is 15.1. The van der Waals surface area contributed by atoms with Crippen LogP contribution < -0.4 is 0 Å². The normalized spacial score (nSPS) is 19.5. The number of aromatic nitrogens is 2. The van der Waals surface area contributed by atoms with Crippen LogP contribution in [0.3, 0.4) is 0 Å². The maximum Gasteiger partial charge on any atom is 0.308 e. The number of rotatable bonds is 4. The van der Waals surface area contributed by atoms with Gasteiger partial charge < -0.3 is 10.0 Å². The second-order valence-corrected chi connectivity index (χ2v) is 7.02. The molecule has 1 aliphatic heterocycles. The summed E-state index contributed by atoms with van der Waals surface area (Å²) in [6.45, 7) is 0.656. The van der Waals surface area contributed by atoms with Crippen molar-refractivity contribution in [2.24, 2.45) is 13.0 Å². The number of nitrogens with zero attached hydrogens (tertiary/aromatic N) is 3. The summed E-state index contributed by atoms with van der Waals surface area (Å²) >= 11 is 0. The first-order valence-electron chi connectivity index (χ1n) is 9.00. The summed E-state index contributed by atoms with van der Waals surface area (Å²) in [4.78, 5) is 26.3. The lowest BCUT2D eigenvalue weighted by Gasteiger charge is -2.16. The van der Waals surface area contributed by atoms with Crippen molar-refractivity contribution in [2.75, 3.05) is 13.1 Å². The molecule has 0 radical (unpaired) electrons. The second kappa shape index (κ2) is 6.87. The molecule has 0 aliphatic carbocycles. The molecule has 6 nitrogen and oxygen atoms in total. The molecular formula is C21H21N3O3. The number of aryl methyl sites for hydroxylation is 1. The topological polar surface area (TPSA) is 75.4 Å². The lowest BCUT2D eigenvalue weighted by molar-refractivity contribution is -0.141. The van der Waals surface area contributed by atoms with Gasteiger partial charge in [0.05, 0.1) is 23.5 Å². The maximum atomic E-state index is 12.9. The van der Waals surface area contributed by atoms with Crippen molar-refractivity contribution in [1.29, 1.82) is 0 Å². The first-order chi connectivity index (χ1) is 13.0. The monoisotopic (exact) mass is 363 g/mol. The smallest absolute Gasteiger partial charge is 0.308 e. The van der Waals surface area contributed by atoms with Gasteiger partial charge >= 0.3 is 5.97 Å². The van der Waals surface area contributed by atoms with E-state index in [4.69, 9.17) is 0 Å². The molecule has 2 unspecified atom stereocenters. The Morgan fingerprint density at radius 2 is 1.78 bits per heavy atom. The van der Waals surface area contributed by atoms with E-state index in [2.05, 4.69) is 5.10 Å². The zero-order chi connectivity index (χ0) is 19.0. The van der Waals surface area contributed by atoms with Crippen molar-refractivity contribution >= 4 is 22.8 Å². The standard InChI is InChI=1S/C21H21N3O3/c1-23-19-10-6-5-9-15(19)18(22-23)11-20(25)24-12-16(17(13-24)21(26)27)14-7-3-2-4-8-14/h2-10,16-17H,11-13H2,1H3,(H,26,27). The van der Waals surface area contributed by atoms with Gasteiger partial charge in [-0.2, -0.15) is 5.10 Å². The number of likely N-dealkylation sites (tertiary alicyclic amines) is 1. The van der Waals surface area contributed by atoms with Crippen molar-refractivity contribution in [2.45, 2.75) is 12.3 Å². The van der Waals surface area contributed by atoms with Gasteiger partial charge in [0, 0.05) is 31.4 Å². The Hall–Kier alpha value is -3.15. The van der Waals surface area contributed by atoms with Crippen LogP contribution in [0.15, 0.2) is 54.6 Å². The molecule has 0 spiro atoms. The SMILES string of the molecule is Cn1nc(CC(=O)N2CC(C(=O)O)C(c3ccccc3)C2)c2ccccc21. The summed E-state index contributed by atoms with van der Waals surface area (Å²) < 4.78 is 1.77. The van der Waals surface area contributed by atoms with E-state index in [-0.39, 0.29) is 24.8 Å². The molecule has 1 N–H and O–H groups in total. The largest absolute Gasteiger partial charge is 0.481 e. The summed E-state index contributed by atoms with van der Waals surface area (Å²) in [5.74, 6) is -1.71. The highest BCUT2D eigenvalue weighted by atomic mass is 16.4. The number of carbonyl (C=O) groups excluding carboxylic acids is 1. The molecule has 3 aromatic rings. The molecule has 1 fully saturated rings. The molecule has 2 heterocycles. The molecule has 27 heavy (non-hydrogen) atoms. The molecule has 0 saturated carbocycles. The van der Waals surface area contributed by atoms with E-state index < -0.39 is 11.9 Å². The quantitative estimate of drug-likeness (QED) is 0.773. The average Bonchev–Trinajstić information content (AvgIpc) is 3.26. The Balaban J connectivity index is 1.56. The van der Waals surface area contributed by atoms with E-state index in [1.54, 1.807) is 9.58 Å². The fraction of sp³-hybridized carbons (Fsp3) is 0.286. The Morgan fingerprint density at radius 1 is 1.07 bits per heavy atom. The lowest BCUT2D eigenvalue weighted by Crippen LogP contribution is -2.31. The van der Waals surface area contributed by atoms with E-state index >= 15 is 0 Å². The number of carboxylic acid groups (broad SMARTS) is 1. The summed E-state index contributed by atoms with van der Waals surface area (Å²) in [6.07, 6.45) is 0.176. The van der Waals surface area contributed by atoms with E-state index in [9.17, 15) is 14.7 Å². The first kappa shape index (κ1) is 17.3. The number of hydrogen-bond acceptors (Lipinski definition) is 3. The molecule has 0 bridgehead atoms. The van der Waals surface area contributed by atoms with Crippen LogP contribution in [-0.2, 0) is 23.1 Å². The zero-order valence-electron chi connectivity index (χ0n) is 15.1. The minimum atomic E-state index is -0.859. The van der Waals surface area contributed by atoms with Crippen molar-refractivity contribution in [3.63, 3.8) is 0 Å². The van der Waals surface area contributed by atoms with Gasteiger partial charge in [-0.15, -0.1) is 0 Å². The molecule has 138 valence electrons. The van der Waals surface area contributed by atoms with Crippen molar-refractivity contribution < 1.29 is 14.7 Å². The third-order valence-electron chi connectivity index (χ3n) is 5.37. The first-order valence-corrected chi connectivity index (χ1v) is 9.00. The summed E-state index contributed by atoms with van der Waals surface area (Å²) in [5.41, 5.74) is 2.67. The number of benzene rings is 2.